The van der Waals surface area contributed by atoms with Crippen molar-refractivity contribution in [1.29, 1.82) is 0 Å². The molecule has 1 N–H and O–H groups in total. The molecule has 3 aromatic carbocycles. The highest BCUT2D eigenvalue weighted by Gasteiger charge is 2.23. The summed E-state index contributed by atoms with van der Waals surface area (Å²) < 4.78 is 20.3. The molecule has 3 aromatic rings. The van der Waals surface area contributed by atoms with Crippen molar-refractivity contribution in [3.05, 3.63) is 78.9 Å². The minimum atomic E-state index is -1.10. The lowest BCUT2D eigenvalue weighted by molar-refractivity contribution is 0.175. The topological polar surface area (TPSA) is 56.2 Å². The van der Waals surface area contributed by atoms with E-state index in [1.54, 1.807) is 19.2 Å². The number of hydrogen-bond acceptors (Lipinski definition) is 4. The van der Waals surface area contributed by atoms with E-state index in [0.29, 0.717) is 12.2 Å². The lowest BCUT2D eigenvalue weighted by Gasteiger charge is -2.37. The molecule has 1 fully saturated rings. The number of nitrogens with zero attached hydrogens (tertiary/aromatic N) is 3. The Balaban J connectivity index is 0.00000361. The van der Waals surface area contributed by atoms with Crippen LogP contribution in [-0.4, -0.2) is 68.6 Å². The van der Waals surface area contributed by atoms with E-state index in [2.05, 4.69) is 9.80 Å². The summed E-state index contributed by atoms with van der Waals surface area (Å²) in [4.78, 5) is 17.4. The summed E-state index contributed by atoms with van der Waals surface area (Å²) in [6, 6.07) is 25.2. The van der Waals surface area contributed by atoms with Crippen LogP contribution in [0.1, 0.15) is 6.42 Å². The number of hydrogen-bond donors (Lipinski definition) is 1. The molecule has 192 valence electrons. The molecule has 0 aromatic heterocycles. The normalized spacial score (nSPS) is 14.6. The minimum absolute atomic E-state index is 0. The predicted molar refractivity (Wildman–Crippen MR) is 146 cm³/mol. The van der Waals surface area contributed by atoms with Crippen molar-refractivity contribution in [2.45, 2.75) is 12.6 Å². The van der Waals surface area contributed by atoms with E-state index < -0.39 is 12.3 Å². The van der Waals surface area contributed by atoms with Crippen LogP contribution in [0.15, 0.2) is 78.9 Å². The largest absolute Gasteiger partial charge is 0.495 e. The maximum Gasteiger partial charge on any atom is 0.411 e. The van der Waals surface area contributed by atoms with Crippen molar-refractivity contribution in [2.75, 3.05) is 56.2 Å². The number of carbonyl (C=O) groups is 1. The van der Waals surface area contributed by atoms with Crippen molar-refractivity contribution in [3.63, 3.8) is 0 Å². The van der Waals surface area contributed by atoms with Crippen LogP contribution >= 0.6 is 12.4 Å². The lowest BCUT2D eigenvalue weighted by Crippen LogP contribution is -2.48. The lowest BCUT2D eigenvalue weighted by atomic mass is 10.1. The predicted octanol–water partition coefficient (Wildman–Crippen LogP) is 5.82. The fourth-order valence-electron chi connectivity index (χ4n) is 4.50. The van der Waals surface area contributed by atoms with Crippen molar-refractivity contribution in [3.8, 4) is 16.9 Å². The van der Waals surface area contributed by atoms with Gasteiger partial charge < -0.3 is 14.7 Å². The molecular formula is C28H33ClFN3O3. The molecule has 0 radical (unpaired) electrons. The second-order valence-electron chi connectivity index (χ2n) is 8.69. The zero-order chi connectivity index (χ0) is 24.6. The summed E-state index contributed by atoms with van der Waals surface area (Å²) >= 11 is 0. The summed E-state index contributed by atoms with van der Waals surface area (Å²) in [5, 5.41) is 9.70. The van der Waals surface area contributed by atoms with Gasteiger partial charge in [-0.3, -0.25) is 9.80 Å². The number of methoxy groups -OCH3 is 1. The Bertz CT molecular complexity index is 1090. The van der Waals surface area contributed by atoms with Crippen LogP contribution in [0.3, 0.4) is 0 Å². The van der Waals surface area contributed by atoms with Crippen molar-refractivity contribution in [2.24, 2.45) is 0 Å². The average molecular weight is 514 g/mol. The molecule has 1 saturated heterocycles. The monoisotopic (exact) mass is 513 g/mol. The highest BCUT2D eigenvalue weighted by molar-refractivity contribution is 5.86. The number of amides is 1. The molecule has 1 aliphatic rings. The van der Waals surface area contributed by atoms with E-state index in [1.807, 2.05) is 66.7 Å². The number of rotatable bonds is 9. The number of para-hydroxylation sites is 2. The van der Waals surface area contributed by atoms with E-state index >= 15 is 0 Å². The van der Waals surface area contributed by atoms with Gasteiger partial charge >= 0.3 is 6.09 Å². The van der Waals surface area contributed by atoms with Gasteiger partial charge in [0, 0.05) is 45.0 Å². The van der Waals surface area contributed by atoms with Crippen LogP contribution in [0.25, 0.3) is 11.1 Å². The highest BCUT2D eigenvalue weighted by atomic mass is 35.5. The molecule has 8 heteroatoms. The van der Waals surface area contributed by atoms with E-state index in [1.165, 1.54) is 4.90 Å². The van der Waals surface area contributed by atoms with Crippen molar-refractivity contribution >= 4 is 29.9 Å². The first-order chi connectivity index (χ1) is 17.0. The SMILES string of the molecule is COc1ccccc1N1CCN(CC(F)CCN(C(=O)O)c2ccc(-c3ccccc3)cc2)CC1.Cl. The van der Waals surface area contributed by atoms with Gasteiger partial charge in [-0.1, -0.05) is 54.6 Å². The third kappa shape index (κ3) is 6.89. The van der Waals surface area contributed by atoms with Crippen molar-refractivity contribution < 1.29 is 19.0 Å². The smallest absolute Gasteiger partial charge is 0.411 e. The Labute approximate surface area is 218 Å². The number of halogens is 2. The average Bonchev–Trinajstić information content (AvgIpc) is 2.90. The van der Waals surface area contributed by atoms with Gasteiger partial charge in [0.05, 0.1) is 12.8 Å². The summed E-state index contributed by atoms with van der Waals surface area (Å²) in [5.74, 6) is 0.842. The van der Waals surface area contributed by atoms with Crippen LogP contribution < -0.4 is 14.5 Å². The first-order valence-electron chi connectivity index (χ1n) is 12.0. The summed E-state index contributed by atoms with van der Waals surface area (Å²) in [7, 11) is 1.67. The number of anilines is 2. The van der Waals surface area contributed by atoms with Gasteiger partial charge in [0.25, 0.3) is 0 Å². The summed E-state index contributed by atoms with van der Waals surface area (Å²) in [5.41, 5.74) is 3.68. The molecule has 0 spiro atoms. The van der Waals surface area contributed by atoms with Gasteiger partial charge in [-0.25, -0.2) is 9.18 Å². The third-order valence-electron chi connectivity index (χ3n) is 6.44. The van der Waals surface area contributed by atoms with Crippen LogP contribution in [-0.2, 0) is 0 Å². The standard InChI is InChI=1S/C28H32FN3O3.ClH/c1-35-27-10-6-5-9-26(27)31-19-17-30(18-20-31)21-24(29)15-16-32(28(33)34)25-13-11-23(12-14-25)22-7-3-2-4-8-22;/h2-14,24H,15-21H2,1H3,(H,33,34);1H. The first kappa shape index (κ1) is 27.3. The molecule has 0 aliphatic carbocycles. The van der Waals surface area contributed by atoms with Gasteiger partial charge in [-0.2, -0.15) is 0 Å². The van der Waals surface area contributed by atoms with Crippen LogP contribution in [0.2, 0.25) is 0 Å². The van der Waals surface area contributed by atoms with Gasteiger partial charge in [0.15, 0.2) is 0 Å². The molecule has 1 amide bonds. The zero-order valence-corrected chi connectivity index (χ0v) is 21.2. The molecule has 1 atom stereocenters. The van der Waals surface area contributed by atoms with Crippen LogP contribution in [0.4, 0.5) is 20.6 Å². The quantitative estimate of drug-likeness (QED) is 0.391. The van der Waals surface area contributed by atoms with E-state index in [-0.39, 0.29) is 25.4 Å². The molecule has 0 bridgehead atoms. The zero-order valence-electron chi connectivity index (χ0n) is 20.4. The van der Waals surface area contributed by atoms with Crippen LogP contribution in [0.5, 0.6) is 5.75 Å². The molecule has 6 nitrogen and oxygen atoms in total. The first-order valence-corrected chi connectivity index (χ1v) is 12.0. The second-order valence-corrected chi connectivity index (χ2v) is 8.69. The Morgan fingerprint density at radius 2 is 1.56 bits per heavy atom. The second kappa shape index (κ2) is 13.1. The number of benzene rings is 3. The molecule has 36 heavy (non-hydrogen) atoms. The van der Waals surface area contributed by atoms with Crippen molar-refractivity contribution in [1.82, 2.24) is 4.90 Å². The van der Waals surface area contributed by atoms with Gasteiger partial charge in [-0.05, 0) is 41.8 Å². The number of ether oxygens (including phenoxy) is 1. The molecule has 1 aliphatic heterocycles. The maximum absolute atomic E-state index is 14.9. The molecule has 4 rings (SSSR count). The van der Waals surface area contributed by atoms with Gasteiger partial charge in [0.2, 0.25) is 0 Å². The van der Waals surface area contributed by atoms with Gasteiger partial charge in [-0.15, -0.1) is 12.4 Å². The molecular weight excluding hydrogens is 481 g/mol. The summed E-state index contributed by atoms with van der Waals surface area (Å²) in [6.07, 6.45) is -2.02. The Kier molecular flexibility index (Phi) is 9.96. The highest BCUT2D eigenvalue weighted by Crippen LogP contribution is 2.28. The maximum atomic E-state index is 14.9. The molecule has 0 saturated carbocycles. The number of piperazine rings is 1. The van der Waals surface area contributed by atoms with Gasteiger partial charge in [0.1, 0.15) is 11.9 Å². The fourth-order valence-corrected chi connectivity index (χ4v) is 4.50. The number of alkyl halides is 1. The minimum Gasteiger partial charge on any atom is -0.495 e. The number of carboxylic acid groups (broad SMARTS) is 1. The Hall–Kier alpha value is -3.29. The third-order valence-corrected chi connectivity index (χ3v) is 6.44. The van der Waals surface area contributed by atoms with Crippen LogP contribution in [0, 0.1) is 0 Å². The van der Waals surface area contributed by atoms with E-state index in [4.69, 9.17) is 4.74 Å². The Morgan fingerprint density at radius 3 is 2.19 bits per heavy atom. The Morgan fingerprint density at radius 1 is 0.944 bits per heavy atom. The molecule has 1 heterocycles. The van der Waals surface area contributed by atoms with E-state index in [9.17, 15) is 14.3 Å². The summed E-state index contributed by atoms with van der Waals surface area (Å²) in [6.45, 7) is 3.51. The van der Waals surface area contributed by atoms with E-state index in [0.717, 1.165) is 48.7 Å². The fraction of sp³-hybridized carbons (Fsp3) is 0.321. The molecule has 1 unspecified atom stereocenters.